The van der Waals surface area contributed by atoms with Crippen LogP contribution in [0.3, 0.4) is 0 Å². The number of amides is 1. The van der Waals surface area contributed by atoms with Crippen LogP contribution >= 0.6 is 0 Å². The highest BCUT2D eigenvalue weighted by molar-refractivity contribution is 6.46. The topological polar surface area (TPSA) is 138 Å². The number of nitro benzene ring substituents is 1. The molecule has 1 fully saturated rings. The number of unbranched alkanes of at least 4 members (excludes halogenated alkanes) is 2. The van der Waals surface area contributed by atoms with Crippen molar-refractivity contribution < 1.29 is 29.5 Å². The van der Waals surface area contributed by atoms with E-state index in [-0.39, 0.29) is 29.8 Å². The lowest BCUT2D eigenvalue weighted by Crippen LogP contribution is -2.31. The highest BCUT2D eigenvalue weighted by Crippen LogP contribution is 2.42. The second-order valence-corrected chi connectivity index (χ2v) is 7.38. The summed E-state index contributed by atoms with van der Waals surface area (Å²) in [5.41, 5.74) is -0.0365. The molecule has 0 saturated carbocycles. The van der Waals surface area contributed by atoms with Gasteiger partial charge in [-0.25, -0.2) is 0 Å². The van der Waals surface area contributed by atoms with Gasteiger partial charge < -0.3 is 15.1 Å². The number of ketones is 1. The van der Waals surface area contributed by atoms with Crippen LogP contribution in [0.2, 0.25) is 0 Å². The van der Waals surface area contributed by atoms with E-state index in [4.69, 9.17) is 5.11 Å². The summed E-state index contributed by atoms with van der Waals surface area (Å²) in [5, 5.41) is 31.3. The van der Waals surface area contributed by atoms with Gasteiger partial charge >= 0.3 is 5.97 Å². The number of hydrogen-bond donors (Lipinski definition) is 2. The number of Topliss-reactive ketones (excluding diaryl/α,β-unsaturated/α-hetero) is 1. The minimum absolute atomic E-state index is 0.0135. The van der Waals surface area contributed by atoms with E-state index in [0.29, 0.717) is 24.8 Å². The predicted molar refractivity (Wildman–Crippen MR) is 115 cm³/mol. The van der Waals surface area contributed by atoms with Gasteiger partial charge in [-0.05, 0) is 18.9 Å². The van der Waals surface area contributed by atoms with Crippen LogP contribution in [0.15, 0.2) is 60.2 Å². The highest BCUT2D eigenvalue weighted by atomic mass is 16.6. The molecule has 1 atom stereocenters. The van der Waals surface area contributed by atoms with E-state index in [1.54, 1.807) is 36.4 Å². The van der Waals surface area contributed by atoms with E-state index in [9.17, 15) is 29.6 Å². The average Bonchev–Trinajstić information content (AvgIpc) is 3.03. The zero-order valence-corrected chi connectivity index (χ0v) is 17.1. The largest absolute Gasteiger partial charge is 0.507 e. The molecule has 2 aromatic rings. The summed E-state index contributed by atoms with van der Waals surface area (Å²) in [6, 6.07) is 12.9. The Morgan fingerprint density at radius 1 is 0.969 bits per heavy atom. The molecule has 1 heterocycles. The van der Waals surface area contributed by atoms with Crippen molar-refractivity contribution in [3.05, 3.63) is 81.4 Å². The molecule has 1 aliphatic heterocycles. The van der Waals surface area contributed by atoms with Gasteiger partial charge in [-0.15, -0.1) is 0 Å². The number of nitrogens with zero attached hydrogens (tertiary/aromatic N) is 2. The number of para-hydroxylation sites is 1. The minimum Gasteiger partial charge on any atom is -0.507 e. The molecule has 1 aliphatic rings. The van der Waals surface area contributed by atoms with Gasteiger partial charge in [0.15, 0.2) is 0 Å². The lowest BCUT2D eigenvalue weighted by atomic mass is 9.94. The van der Waals surface area contributed by atoms with E-state index >= 15 is 0 Å². The Morgan fingerprint density at radius 3 is 2.28 bits per heavy atom. The summed E-state index contributed by atoms with van der Waals surface area (Å²) >= 11 is 0. The van der Waals surface area contributed by atoms with Gasteiger partial charge in [0.25, 0.3) is 17.4 Å². The molecule has 0 aliphatic carbocycles. The molecule has 3 rings (SSSR count). The molecule has 1 unspecified atom stereocenters. The van der Waals surface area contributed by atoms with Crippen molar-refractivity contribution >= 4 is 29.1 Å². The maximum absolute atomic E-state index is 12.9. The second-order valence-electron chi connectivity index (χ2n) is 7.38. The molecule has 166 valence electrons. The van der Waals surface area contributed by atoms with Crippen molar-refractivity contribution in [2.45, 2.75) is 31.7 Å². The Kier molecular flexibility index (Phi) is 6.99. The number of carbonyl (C=O) groups is 3. The molecule has 2 N–H and O–H groups in total. The number of aliphatic hydroxyl groups is 1. The molecular weight excluding hydrogens is 416 g/mol. The Hall–Kier alpha value is -4.01. The zero-order valence-electron chi connectivity index (χ0n) is 17.1. The molecule has 9 heteroatoms. The number of rotatable bonds is 9. The summed E-state index contributed by atoms with van der Waals surface area (Å²) in [6.45, 7) is 0.0898. The SMILES string of the molecule is O=C(O)CCCCCN1C(=O)C(=O)/C(=C(\O)c2ccccc2)C1c1ccccc1[N+](=O)[O-]. The van der Waals surface area contributed by atoms with Crippen LogP contribution in [-0.2, 0) is 14.4 Å². The molecule has 9 nitrogen and oxygen atoms in total. The third-order valence-electron chi connectivity index (χ3n) is 5.30. The Bertz CT molecular complexity index is 1080. The fourth-order valence-electron chi connectivity index (χ4n) is 3.81. The van der Waals surface area contributed by atoms with E-state index in [1.165, 1.54) is 23.1 Å². The van der Waals surface area contributed by atoms with Crippen LogP contribution in [0.5, 0.6) is 0 Å². The summed E-state index contributed by atoms with van der Waals surface area (Å²) in [4.78, 5) is 48.7. The van der Waals surface area contributed by atoms with Gasteiger partial charge in [0.1, 0.15) is 5.76 Å². The van der Waals surface area contributed by atoms with Crippen molar-refractivity contribution in [3.8, 4) is 0 Å². The van der Waals surface area contributed by atoms with Crippen molar-refractivity contribution in [3.63, 3.8) is 0 Å². The first-order valence-electron chi connectivity index (χ1n) is 10.1. The Labute approximate surface area is 183 Å². The van der Waals surface area contributed by atoms with Gasteiger partial charge in [-0.1, -0.05) is 48.9 Å². The van der Waals surface area contributed by atoms with Gasteiger partial charge in [-0.2, -0.15) is 0 Å². The van der Waals surface area contributed by atoms with Crippen LogP contribution in [0.4, 0.5) is 5.69 Å². The number of aliphatic hydroxyl groups excluding tert-OH is 1. The molecule has 0 bridgehead atoms. The van der Waals surface area contributed by atoms with Gasteiger partial charge in [0.2, 0.25) is 0 Å². The number of aliphatic carboxylic acids is 1. The van der Waals surface area contributed by atoms with Crippen molar-refractivity contribution in [1.82, 2.24) is 4.90 Å². The summed E-state index contributed by atoms with van der Waals surface area (Å²) in [7, 11) is 0. The van der Waals surface area contributed by atoms with Crippen molar-refractivity contribution in [1.29, 1.82) is 0 Å². The molecule has 32 heavy (non-hydrogen) atoms. The van der Waals surface area contributed by atoms with Crippen molar-refractivity contribution in [2.75, 3.05) is 6.54 Å². The second kappa shape index (κ2) is 9.86. The summed E-state index contributed by atoms with van der Waals surface area (Å²) < 4.78 is 0. The van der Waals surface area contributed by atoms with E-state index in [1.807, 2.05) is 0 Å². The van der Waals surface area contributed by atoms with E-state index in [0.717, 1.165) is 0 Å². The summed E-state index contributed by atoms with van der Waals surface area (Å²) in [5.74, 6) is -3.10. The third-order valence-corrected chi connectivity index (χ3v) is 5.30. The smallest absolute Gasteiger partial charge is 0.303 e. The number of carbonyl (C=O) groups excluding carboxylic acids is 2. The van der Waals surface area contributed by atoms with Crippen LogP contribution < -0.4 is 0 Å². The fraction of sp³-hybridized carbons (Fsp3) is 0.261. The Balaban J connectivity index is 2.05. The standard InChI is InChI=1S/C23H22N2O7/c26-18(27)13-5-2-8-14-24-20(16-11-6-7-12-17(16)25(31)32)19(22(29)23(24)30)21(28)15-9-3-1-4-10-15/h1,3-4,6-7,9-12,20,28H,2,5,8,13-14H2,(H,26,27)/b21-19-. The number of carboxylic acid groups (broad SMARTS) is 1. The average molecular weight is 438 g/mol. The monoisotopic (exact) mass is 438 g/mol. The van der Waals surface area contributed by atoms with Crippen molar-refractivity contribution in [2.24, 2.45) is 0 Å². The highest BCUT2D eigenvalue weighted by Gasteiger charge is 2.47. The lowest BCUT2D eigenvalue weighted by Gasteiger charge is -2.25. The van der Waals surface area contributed by atoms with Crippen LogP contribution in [-0.4, -0.2) is 44.2 Å². The molecule has 1 saturated heterocycles. The normalized spacial score (nSPS) is 17.5. The van der Waals surface area contributed by atoms with E-state index in [2.05, 4.69) is 0 Å². The van der Waals surface area contributed by atoms with Crippen LogP contribution in [0, 0.1) is 10.1 Å². The summed E-state index contributed by atoms with van der Waals surface area (Å²) in [6.07, 6.45) is 1.29. The van der Waals surface area contributed by atoms with Gasteiger partial charge in [0, 0.05) is 24.6 Å². The lowest BCUT2D eigenvalue weighted by molar-refractivity contribution is -0.385. The number of hydrogen-bond acceptors (Lipinski definition) is 6. The maximum Gasteiger partial charge on any atom is 0.303 e. The molecule has 1 amide bonds. The molecular formula is C23H22N2O7. The number of likely N-dealkylation sites (tertiary alicyclic amines) is 1. The molecule has 0 spiro atoms. The number of carboxylic acids is 1. The first kappa shape index (κ1) is 22.7. The quantitative estimate of drug-likeness (QED) is 0.152. The third kappa shape index (κ3) is 4.66. The molecule has 0 aromatic heterocycles. The fourth-order valence-corrected chi connectivity index (χ4v) is 3.81. The minimum atomic E-state index is -1.13. The predicted octanol–water partition coefficient (Wildman–Crippen LogP) is 3.66. The van der Waals surface area contributed by atoms with Gasteiger partial charge in [0.05, 0.1) is 22.1 Å². The molecule has 2 aromatic carbocycles. The van der Waals surface area contributed by atoms with E-state index < -0.39 is 34.4 Å². The Morgan fingerprint density at radius 2 is 1.62 bits per heavy atom. The van der Waals surface area contributed by atoms with Crippen LogP contribution in [0.1, 0.15) is 42.9 Å². The first-order valence-corrected chi connectivity index (χ1v) is 10.1. The first-order chi connectivity index (χ1) is 15.3. The van der Waals surface area contributed by atoms with Gasteiger partial charge in [-0.3, -0.25) is 24.5 Å². The number of benzene rings is 2. The number of nitro groups is 1. The van der Waals surface area contributed by atoms with Crippen LogP contribution in [0.25, 0.3) is 5.76 Å². The maximum atomic E-state index is 12.9. The molecule has 0 radical (unpaired) electrons. The zero-order chi connectivity index (χ0) is 23.3.